The molecule has 17 nitrogen and oxygen atoms in total. The van der Waals surface area contributed by atoms with Gasteiger partial charge in [0.15, 0.2) is 11.5 Å². The predicted molar refractivity (Wildman–Crippen MR) is 332 cm³/mol. The molecule has 0 spiro atoms. The molecule has 2 unspecified atom stereocenters. The molecule has 0 bridgehead atoms. The molecule has 440 valence electrons. The number of rotatable bonds is 28. The number of hydrogen-bond donors (Lipinski definition) is 2. The summed E-state index contributed by atoms with van der Waals surface area (Å²) in [6.45, 7) is 5.20. The van der Waals surface area contributed by atoms with Gasteiger partial charge in [0.1, 0.15) is 23.6 Å². The van der Waals surface area contributed by atoms with E-state index >= 15 is 0 Å². The van der Waals surface area contributed by atoms with E-state index in [0.29, 0.717) is 60.3 Å². The number of anilines is 2. The van der Waals surface area contributed by atoms with Crippen LogP contribution in [0.5, 0.6) is 0 Å². The van der Waals surface area contributed by atoms with Gasteiger partial charge in [-0.25, -0.2) is 19.6 Å². The SMILES string of the molecule is CCCCN(Cc1cncn1Cc1ccc(C#N)cc1)c1ccc(-c2ccc(C(=O)NC(CCSC)C(=O)OC(=O)C(CCSC)NC(=O)c3ccc(-c4ccc(N(Cc5cncn5Cc5ccccc5)C(=O)C5CCCCC5)cc4)o3)o2)cc1. The highest BCUT2D eigenvalue weighted by Gasteiger charge is 2.32. The van der Waals surface area contributed by atoms with Crippen LogP contribution in [0.2, 0.25) is 0 Å². The van der Waals surface area contributed by atoms with Gasteiger partial charge >= 0.3 is 11.9 Å². The second-order valence-electron chi connectivity index (χ2n) is 21.1. The number of carbonyl (C=O) groups is 5. The third-order valence-electron chi connectivity index (χ3n) is 15.1. The number of benzene rings is 4. The lowest BCUT2D eigenvalue weighted by atomic mass is 9.88. The second-order valence-corrected chi connectivity index (χ2v) is 23.1. The summed E-state index contributed by atoms with van der Waals surface area (Å²) in [5.41, 5.74) is 7.91. The van der Waals surface area contributed by atoms with E-state index in [4.69, 9.17) is 13.6 Å². The molecule has 4 aromatic heterocycles. The Hall–Kier alpha value is -8.60. The molecule has 1 aliphatic carbocycles. The lowest BCUT2D eigenvalue weighted by Gasteiger charge is -2.30. The van der Waals surface area contributed by atoms with Crippen molar-refractivity contribution in [3.05, 3.63) is 192 Å². The molecule has 85 heavy (non-hydrogen) atoms. The van der Waals surface area contributed by atoms with Gasteiger partial charge in [0.2, 0.25) is 5.91 Å². The molecule has 4 heterocycles. The summed E-state index contributed by atoms with van der Waals surface area (Å²) in [5, 5.41) is 14.7. The Morgan fingerprint density at radius 2 is 1.18 bits per heavy atom. The van der Waals surface area contributed by atoms with Crippen molar-refractivity contribution < 1.29 is 37.5 Å². The fourth-order valence-corrected chi connectivity index (χ4v) is 11.3. The van der Waals surface area contributed by atoms with Gasteiger partial charge in [-0.2, -0.15) is 28.8 Å². The van der Waals surface area contributed by atoms with Gasteiger partial charge in [0.05, 0.1) is 48.8 Å². The fraction of sp³-hybridized carbons (Fsp3) is 0.333. The Labute approximate surface area is 504 Å². The minimum atomic E-state index is -1.22. The van der Waals surface area contributed by atoms with E-state index in [0.717, 1.165) is 90.9 Å². The maximum Gasteiger partial charge on any atom is 0.336 e. The van der Waals surface area contributed by atoms with Gasteiger partial charge in [-0.1, -0.05) is 75.1 Å². The monoisotopic (exact) mass is 1180 g/mol. The lowest BCUT2D eigenvalue weighted by Crippen LogP contribution is -2.47. The Balaban J connectivity index is 0.814. The number of carbonyl (C=O) groups excluding carboxylic acids is 5. The zero-order valence-corrected chi connectivity index (χ0v) is 49.8. The van der Waals surface area contributed by atoms with Crippen molar-refractivity contribution in [3.8, 4) is 28.7 Å². The molecule has 8 aromatic rings. The van der Waals surface area contributed by atoms with Crippen LogP contribution in [-0.4, -0.2) is 91.4 Å². The van der Waals surface area contributed by atoms with Gasteiger partial charge in [0.25, 0.3) is 11.8 Å². The Morgan fingerprint density at radius 3 is 1.69 bits per heavy atom. The van der Waals surface area contributed by atoms with Crippen LogP contribution in [0.3, 0.4) is 0 Å². The third kappa shape index (κ3) is 16.4. The summed E-state index contributed by atoms with van der Waals surface area (Å²) in [4.78, 5) is 82.4. The third-order valence-corrected chi connectivity index (χ3v) is 16.4. The van der Waals surface area contributed by atoms with E-state index in [1.165, 1.54) is 35.7 Å². The first-order valence-electron chi connectivity index (χ1n) is 28.8. The second kappa shape index (κ2) is 30.3. The van der Waals surface area contributed by atoms with Crippen molar-refractivity contribution in [2.75, 3.05) is 40.4 Å². The first-order valence-corrected chi connectivity index (χ1v) is 31.6. The average molecular weight is 1180 g/mol. The normalized spacial score (nSPS) is 13.1. The topological polar surface area (TPSA) is 211 Å². The van der Waals surface area contributed by atoms with Crippen molar-refractivity contribution in [3.63, 3.8) is 0 Å². The number of imidazole rings is 2. The van der Waals surface area contributed by atoms with E-state index < -0.39 is 35.8 Å². The molecule has 3 amide bonds. The Bertz CT molecular complexity index is 3530. The number of thioether (sulfide) groups is 2. The van der Waals surface area contributed by atoms with E-state index in [-0.39, 0.29) is 36.2 Å². The number of hydrogen-bond acceptors (Lipinski definition) is 14. The van der Waals surface area contributed by atoms with Crippen LogP contribution in [0.25, 0.3) is 22.6 Å². The number of nitriles is 1. The van der Waals surface area contributed by atoms with Gasteiger partial charge in [-0.3, -0.25) is 14.4 Å². The van der Waals surface area contributed by atoms with Crippen molar-refractivity contribution in [1.82, 2.24) is 29.7 Å². The van der Waals surface area contributed by atoms with Gasteiger partial charge in [-0.05, 0) is 152 Å². The number of unbranched alkanes of at least 4 members (excludes halogenated alkanes) is 1. The van der Waals surface area contributed by atoms with Crippen LogP contribution in [-0.2, 0) is 45.3 Å². The van der Waals surface area contributed by atoms with Crippen LogP contribution < -0.4 is 20.4 Å². The summed E-state index contributed by atoms with van der Waals surface area (Å²) >= 11 is 2.92. The zero-order valence-electron chi connectivity index (χ0n) is 48.2. The minimum absolute atomic E-state index is 0.0306. The first kappa shape index (κ1) is 61.0. The molecule has 0 saturated heterocycles. The van der Waals surface area contributed by atoms with E-state index in [1.54, 1.807) is 18.5 Å². The summed E-state index contributed by atoms with van der Waals surface area (Å²) in [6.07, 6.45) is 18.2. The molecule has 2 N–H and O–H groups in total. The molecule has 0 aliphatic heterocycles. The van der Waals surface area contributed by atoms with E-state index in [2.05, 4.69) is 59.8 Å². The molecule has 1 aliphatic rings. The molecule has 4 aromatic carbocycles. The minimum Gasteiger partial charge on any atom is -0.451 e. The highest BCUT2D eigenvalue weighted by Crippen LogP contribution is 2.32. The predicted octanol–water partition coefficient (Wildman–Crippen LogP) is 12.0. The van der Waals surface area contributed by atoms with Crippen molar-refractivity contribution in [2.45, 2.75) is 103 Å². The highest BCUT2D eigenvalue weighted by atomic mass is 32.2. The number of esters is 2. The summed E-state index contributed by atoms with van der Waals surface area (Å²) in [7, 11) is 0. The van der Waals surface area contributed by atoms with Crippen molar-refractivity contribution >= 4 is 64.6 Å². The van der Waals surface area contributed by atoms with E-state index in [9.17, 15) is 29.2 Å². The first-order chi connectivity index (χ1) is 41.5. The van der Waals surface area contributed by atoms with Gasteiger partial charge in [0, 0.05) is 60.4 Å². The average Bonchev–Trinajstić information content (AvgIpc) is 4.62. The Kier molecular flexibility index (Phi) is 21.7. The maximum absolute atomic E-state index is 14.3. The molecule has 9 rings (SSSR count). The number of ether oxygens (including phenoxy) is 1. The smallest absolute Gasteiger partial charge is 0.336 e. The molecule has 1 saturated carbocycles. The van der Waals surface area contributed by atoms with Gasteiger partial charge < -0.3 is 43.1 Å². The molecule has 0 radical (unpaired) electrons. The van der Waals surface area contributed by atoms with Crippen molar-refractivity contribution in [1.29, 1.82) is 5.26 Å². The van der Waals surface area contributed by atoms with Crippen LogP contribution in [0.4, 0.5) is 11.4 Å². The zero-order chi connectivity index (χ0) is 59.5. The highest BCUT2D eigenvalue weighted by molar-refractivity contribution is 7.98. The molecular formula is C66H71N9O8S2. The molecule has 19 heteroatoms. The fourth-order valence-electron chi connectivity index (χ4n) is 10.3. The largest absolute Gasteiger partial charge is 0.451 e. The number of aromatic nitrogens is 4. The molecular weight excluding hydrogens is 1110 g/mol. The van der Waals surface area contributed by atoms with Crippen molar-refractivity contribution in [2.24, 2.45) is 5.92 Å². The van der Waals surface area contributed by atoms with Crippen LogP contribution in [0, 0.1) is 17.2 Å². The standard InChI is InChI=1S/C66H71N9O8S2/c1-4-5-34-72(42-54-38-68-44-73(54)41-48-18-16-46(37-67)17-19-48)52-24-20-49(21-25-52)58-28-30-60(81-58)62(76)70-56(32-35-84-2)65(79)83-66(80)57(33-36-85-3)71-63(77)61-31-29-59(82-61)50-22-26-53(27-23-50)75(64(78)51-14-10-7-11-15-51)43-55-39-69-45-74(55)40-47-12-8-6-9-13-47/h6,8-9,12-13,16-31,38-39,44-45,51,56-57H,4-5,7,10-11,14-15,32-36,40-43H2,1-3H3,(H,70,76)(H,71,77). The van der Waals surface area contributed by atoms with Gasteiger partial charge in [-0.15, -0.1) is 0 Å². The van der Waals surface area contributed by atoms with Crippen LogP contribution in [0.15, 0.2) is 161 Å². The lowest BCUT2D eigenvalue weighted by molar-refractivity contribution is -0.162. The van der Waals surface area contributed by atoms with E-state index in [1.807, 2.05) is 127 Å². The summed E-state index contributed by atoms with van der Waals surface area (Å²) in [5.74, 6) is -1.59. The number of amides is 3. The summed E-state index contributed by atoms with van der Waals surface area (Å²) < 4.78 is 21.7. The number of nitrogens with one attached hydrogen (secondary N) is 2. The molecule has 2 atom stereocenters. The Morgan fingerprint density at radius 1 is 0.659 bits per heavy atom. The quantitative estimate of drug-likeness (QED) is 0.0345. The van der Waals surface area contributed by atoms with Crippen LogP contribution >= 0.6 is 23.5 Å². The number of furan rings is 2. The maximum atomic E-state index is 14.3. The number of nitrogens with zero attached hydrogens (tertiary/aromatic N) is 7. The summed E-state index contributed by atoms with van der Waals surface area (Å²) in [6, 6.07) is 39.2. The molecule has 1 fully saturated rings. The van der Waals surface area contributed by atoms with Crippen LogP contribution in [0.1, 0.15) is 114 Å².